The van der Waals surface area contributed by atoms with Crippen LogP contribution in [0.2, 0.25) is 0 Å². The van der Waals surface area contributed by atoms with E-state index >= 15 is 0 Å². The van der Waals surface area contributed by atoms with E-state index in [0.29, 0.717) is 10.9 Å². The molecule has 0 radical (unpaired) electrons. The molecule has 2 heterocycles. The fraction of sp³-hybridized carbons (Fsp3) is 0.250. The third kappa shape index (κ3) is 4.08. The predicted octanol–water partition coefficient (Wildman–Crippen LogP) is 4.03. The molecule has 0 spiro atoms. The Morgan fingerprint density at radius 1 is 1.23 bits per heavy atom. The van der Waals surface area contributed by atoms with Crippen LogP contribution in [0.1, 0.15) is 30.6 Å². The van der Waals surface area contributed by atoms with Crippen molar-refractivity contribution in [3.05, 3.63) is 53.4 Å². The zero-order chi connectivity index (χ0) is 18.5. The van der Waals surface area contributed by atoms with Gasteiger partial charge < -0.3 is 10.1 Å². The minimum absolute atomic E-state index is 0.0494. The van der Waals surface area contributed by atoms with Crippen molar-refractivity contribution in [2.45, 2.75) is 26.3 Å². The highest BCUT2D eigenvalue weighted by Gasteiger charge is 2.17. The number of fused-ring (bicyclic) bond motifs is 1. The number of benzene rings is 1. The van der Waals surface area contributed by atoms with Gasteiger partial charge in [-0.1, -0.05) is 31.2 Å². The summed E-state index contributed by atoms with van der Waals surface area (Å²) in [5.74, 6) is -0.828. The van der Waals surface area contributed by atoms with Crippen molar-refractivity contribution in [2.24, 2.45) is 0 Å². The number of carbonyl (C=O) groups is 2. The first-order valence-corrected chi connectivity index (χ1v) is 9.36. The quantitative estimate of drug-likeness (QED) is 0.667. The standard InChI is InChI=1S/C20H20N2O3S/c1-3-13(2)21-19(23)12-25-20(24)15-11-17(18-9-6-10-26-18)22-16-8-5-4-7-14(15)16/h4-11,13H,3,12H2,1-2H3,(H,21,23)/t13-/m0/s1. The maximum Gasteiger partial charge on any atom is 0.339 e. The van der Waals surface area contributed by atoms with E-state index < -0.39 is 5.97 Å². The highest BCUT2D eigenvalue weighted by molar-refractivity contribution is 7.13. The Labute approximate surface area is 156 Å². The topological polar surface area (TPSA) is 68.3 Å². The van der Waals surface area contributed by atoms with Crippen LogP contribution in [0.3, 0.4) is 0 Å². The second-order valence-corrected chi connectivity index (χ2v) is 6.95. The molecule has 0 aliphatic heterocycles. The molecule has 0 aliphatic rings. The molecule has 1 N–H and O–H groups in total. The lowest BCUT2D eigenvalue weighted by Crippen LogP contribution is -2.35. The molecule has 3 rings (SSSR count). The molecule has 0 saturated carbocycles. The molecule has 1 atom stereocenters. The first-order valence-electron chi connectivity index (χ1n) is 8.48. The zero-order valence-electron chi connectivity index (χ0n) is 14.7. The van der Waals surface area contributed by atoms with Gasteiger partial charge >= 0.3 is 5.97 Å². The lowest BCUT2D eigenvalue weighted by atomic mass is 10.1. The van der Waals surface area contributed by atoms with E-state index in [-0.39, 0.29) is 18.6 Å². The summed E-state index contributed by atoms with van der Waals surface area (Å²) < 4.78 is 5.24. The molecule has 0 fully saturated rings. The minimum atomic E-state index is -0.527. The average molecular weight is 368 g/mol. The Morgan fingerprint density at radius 3 is 2.77 bits per heavy atom. The number of hydrogen-bond donors (Lipinski definition) is 1. The molecule has 5 nitrogen and oxygen atoms in total. The SMILES string of the molecule is CC[C@H](C)NC(=O)COC(=O)c1cc(-c2cccs2)nc2ccccc12. The van der Waals surface area contributed by atoms with Gasteiger partial charge in [0, 0.05) is 11.4 Å². The second-order valence-electron chi connectivity index (χ2n) is 6.00. The summed E-state index contributed by atoms with van der Waals surface area (Å²) in [7, 11) is 0. The largest absolute Gasteiger partial charge is 0.452 e. The second kappa shape index (κ2) is 8.10. The third-order valence-electron chi connectivity index (χ3n) is 4.06. The lowest BCUT2D eigenvalue weighted by molar-refractivity contribution is -0.124. The number of thiophene rings is 1. The number of nitrogens with one attached hydrogen (secondary N) is 1. The highest BCUT2D eigenvalue weighted by atomic mass is 32.1. The maximum atomic E-state index is 12.6. The van der Waals surface area contributed by atoms with Gasteiger partial charge in [0.2, 0.25) is 0 Å². The van der Waals surface area contributed by atoms with Crippen LogP contribution in [0.5, 0.6) is 0 Å². The zero-order valence-corrected chi connectivity index (χ0v) is 15.5. The Bertz CT molecular complexity index is 922. The van der Waals surface area contributed by atoms with Gasteiger partial charge in [-0.15, -0.1) is 11.3 Å². The van der Waals surface area contributed by atoms with Gasteiger partial charge in [-0.25, -0.2) is 9.78 Å². The molecule has 2 aromatic heterocycles. The highest BCUT2D eigenvalue weighted by Crippen LogP contribution is 2.28. The predicted molar refractivity (Wildman–Crippen MR) is 103 cm³/mol. The summed E-state index contributed by atoms with van der Waals surface area (Å²) in [6, 6.07) is 13.1. The van der Waals surface area contributed by atoms with Crippen LogP contribution in [0.25, 0.3) is 21.5 Å². The van der Waals surface area contributed by atoms with E-state index in [9.17, 15) is 9.59 Å². The van der Waals surface area contributed by atoms with E-state index in [2.05, 4.69) is 10.3 Å². The number of rotatable bonds is 6. The minimum Gasteiger partial charge on any atom is -0.452 e. The van der Waals surface area contributed by atoms with Crippen molar-refractivity contribution in [1.82, 2.24) is 10.3 Å². The Kier molecular flexibility index (Phi) is 5.63. The van der Waals surface area contributed by atoms with E-state index in [1.807, 2.05) is 55.6 Å². The van der Waals surface area contributed by atoms with Crippen LogP contribution in [0, 0.1) is 0 Å². The van der Waals surface area contributed by atoms with Crippen LogP contribution < -0.4 is 5.32 Å². The number of nitrogens with zero attached hydrogens (tertiary/aromatic N) is 1. The number of carbonyl (C=O) groups excluding carboxylic acids is 2. The molecular weight excluding hydrogens is 348 g/mol. The summed E-state index contributed by atoms with van der Waals surface area (Å²) in [6.45, 7) is 3.59. The molecule has 26 heavy (non-hydrogen) atoms. The van der Waals surface area contributed by atoms with Crippen LogP contribution in [0.4, 0.5) is 0 Å². The molecule has 0 unspecified atom stereocenters. The van der Waals surface area contributed by atoms with Gasteiger partial charge in [0.15, 0.2) is 6.61 Å². The van der Waals surface area contributed by atoms with Crippen LogP contribution in [0.15, 0.2) is 47.8 Å². The Hall–Kier alpha value is -2.73. The number of aromatic nitrogens is 1. The molecule has 6 heteroatoms. The number of para-hydroxylation sites is 1. The fourth-order valence-corrected chi connectivity index (χ4v) is 3.21. The number of esters is 1. The summed E-state index contributed by atoms with van der Waals surface area (Å²) in [4.78, 5) is 30.1. The maximum absolute atomic E-state index is 12.6. The van der Waals surface area contributed by atoms with Crippen molar-refractivity contribution < 1.29 is 14.3 Å². The van der Waals surface area contributed by atoms with Gasteiger partial charge in [0.05, 0.1) is 21.7 Å². The van der Waals surface area contributed by atoms with Crippen molar-refractivity contribution in [3.8, 4) is 10.6 Å². The molecular formula is C20H20N2O3S. The van der Waals surface area contributed by atoms with Crippen molar-refractivity contribution in [1.29, 1.82) is 0 Å². The van der Waals surface area contributed by atoms with E-state index in [1.165, 1.54) is 0 Å². The Morgan fingerprint density at radius 2 is 2.04 bits per heavy atom. The molecule has 1 aromatic carbocycles. The monoisotopic (exact) mass is 368 g/mol. The van der Waals surface area contributed by atoms with Gasteiger partial charge in [-0.05, 0) is 36.9 Å². The Balaban J connectivity index is 1.86. The van der Waals surface area contributed by atoms with Gasteiger partial charge in [0.1, 0.15) is 0 Å². The van der Waals surface area contributed by atoms with E-state index in [4.69, 9.17) is 4.74 Å². The summed E-state index contributed by atoms with van der Waals surface area (Å²) in [5, 5.41) is 5.45. The summed E-state index contributed by atoms with van der Waals surface area (Å²) in [5.41, 5.74) is 1.85. The first kappa shape index (κ1) is 18.1. The fourth-order valence-electron chi connectivity index (χ4n) is 2.52. The van der Waals surface area contributed by atoms with Crippen molar-refractivity contribution >= 4 is 34.1 Å². The van der Waals surface area contributed by atoms with Crippen LogP contribution in [-0.4, -0.2) is 29.5 Å². The van der Waals surface area contributed by atoms with Crippen molar-refractivity contribution in [2.75, 3.05) is 6.61 Å². The third-order valence-corrected chi connectivity index (χ3v) is 4.96. The normalized spacial score (nSPS) is 11.9. The first-order chi connectivity index (χ1) is 12.6. The van der Waals surface area contributed by atoms with Crippen LogP contribution >= 0.6 is 11.3 Å². The molecule has 134 valence electrons. The average Bonchev–Trinajstić information content (AvgIpc) is 3.20. The smallest absolute Gasteiger partial charge is 0.339 e. The number of ether oxygens (including phenoxy) is 1. The van der Waals surface area contributed by atoms with Gasteiger partial charge in [-0.3, -0.25) is 4.79 Å². The summed E-state index contributed by atoms with van der Waals surface area (Å²) in [6.07, 6.45) is 0.818. The lowest BCUT2D eigenvalue weighted by Gasteiger charge is -2.12. The number of pyridine rings is 1. The van der Waals surface area contributed by atoms with Gasteiger partial charge in [-0.2, -0.15) is 0 Å². The number of hydrogen-bond acceptors (Lipinski definition) is 5. The molecule has 0 bridgehead atoms. The molecule has 0 aliphatic carbocycles. The molecule has 0 saturated heterocycles. The van der Waals surface area contributed by atoms with Crippen LogP contribution in [-0.2, 0) is 9.53 Å². The number of amides is 1. The van der Waals surface area contributed by atoms with Gasteiger partial charge in [0.25, 0.3) is 5.91 Å². The van der Waals surface area contributed by atoms with Crippen molar-refractivity contribution in [3.63, 3.8) is 0 Å². The molecule has 1 amide bonds. The van der Waals surface area contributed by atoms with E-state index in [1.54, 1.807) is 17.4 Å². The molecule has 3 aromatic rings. The van der Waals surface area contributed by atoms with E-state index in [0.717, 1.165) is 22.5 Å². The summed E-state index contributed by atoms with van der Waals surface area (Å²) >= 11 is 1.55.